The van der Waals surface area contributed by atoms with Crippen LogP contribution in [0.5, 0.6) is 0 Å². The molecule has 0 radical (unpaired) electrons. The average molecular weight is 343 g/mol. The van der Waals surface area contributed by atoms with Gasteiger partial charge in [-0.25, -0.2) is 4.79 Å². The van der Waals surface area contributed by atoms with Crippen molar-refractivity contribution >= 4 is 17.7 Å². The van der Waals surface area contributed by atoms with E-state index in [4.69, 9.17) is 9.47 Å². The van der Waals surface area contributed by atoms with Gasteiger partial charge < -0.3 is 9.47 Å². The molecular formula is C20H25NO4. The molecule has 2 atom stereocenters. The summed E-state index contributed by atoms with van der Waals surface area (Å²) in [6.07, 6.45) is 0. The molecule has 0 bridgehead atoms. The summed E-state index contributed by atoms with van der Waals surface area (Å²) in [6.45, 7) is 9.63. The summed E-state index contributed by atoms with van der Waals surface area (Å²) in [5.41, 5.74) is 3.59. The van der Waals surface area contributed by atoms with Gasteiger partial charge in [0.15, 0.2) is 0 Å². The predicted octanol–water partition coefficient (Wildman–Crippen LogP) is 3.57. The van der Waals surface area contributed by atoms with Crippen molar-refractivity contribution in [2.24, 2.45) is 10.9 Å². The maximum Gasteiger partial charge on any atom is 0.336 e. The van der Waals surface area contributed by atoms with Crippen LogP contribution in [0.4, 0.5) is 0 Å². The Labute approximate surface area is 148 Å². The summed E-state index contributed by atoms with van der Waals surface area (Å²) < 4.78 is 10.5. The molecule has 2 unspecified atom stereocenters. The Balaban J connectivity index is 2.65. The molecule has 0 saturated carbocycles. The Hall–Kier alpha value is -2.43. The lowest BCUT2D eigenvalue weighted by atomic mass is 9.74. The highest BCUT2D eigenvalue weighted by Gasteiger charge is 2.42. The third-order valence-electron chi connectivity index (χ3n) is 4.39. The number of aliphatic imine (C=N–C) groups is 1. The number of rotatable bonds is 5. The Kier molecular flexibility index (Phi) is 6.12. The topological polar surface area (TPSA) is 65.0 Å². The van der Waals surface area contributed by atoms with E-state index in [0.29, 0.717) is 17.0 Å². The van der Waals surface area contributed by atoms with Crippen LogP contribution in [-0.2, 0) is 19.1 Å². The van der Waals surface area contributed by atoms with E-state index in [1.165, 1.54) is 0 Å². The highest BCUT2D eigenvalue weighted by Crippen LogP contribution is 2.41. The first-order chi connectivity index (χ1) is 11.9. The van der Waals surface area contributed by atoms with E-state index in [0.717, 1.165) is 11.1 Å². The zero-order chi connectivity index (χ0) is 18.6. The lowest BCUT2D eigenvalue weighted by Crippen LogP contribution is -2.36. The monoisotopic (exact) mass is 343 g/mol. The SMILES string of the molecule is CCOC(=O)C1=C(C)N=C(C)C(C(=O)OCC)C1c1ccccc1C. The maximum absolute atomic E-state index is 12.7. The Morgan fingerprint density at radius 2 is 1.68 bits per heavy atom. The quantitative estimate of drug-likeness (QED) is 0.767. The van der Waals surface area contributed by atoms with Gasteiger partial charge in [-0.2, -0.15) is 0 Å². The molecule has 0 fully saturated rings. The fraction of sp³-hybridized carbons (Fsp3) is 0.450. The zero-order valence-electron chi connectivity index (χ0n) is 15.5. The van der Waals surface area contributed by atoms with E-state index >= 15 is 0 Å². The Morgan fingerprint density at radius 3 is 2.28 bits per heavy atom. The van der Waals surface area contributed by atoms with E-state index < -0.39 is 17.8 Å². The molecule has 5 nitrogen and oxygen atoms in total. The highest BCUT2D eigenvalue weighted by atomic mass is 16.5. The van der Waals surface area contributed by atoms with Gasteiger partial charge in [0.2, 0.25) is 0 Å². The van der Waals surface area contributed by atoms with Crippen molar-refractivity contribution in [1.29, 1.82) is 0 Å². The smallest absolute Gasteiger partial charge is 0.336 e. The highest BCUT2D eigenvalue weighted by molar-refractivity contribution is 6.07. The lowest BCUT2D eigenvalue weighted by molar-refractivity contribution is -0.146. The molecule has 5 heteroatoms. The van der Waals surface area contributed by atoms with Crippen molar-refractivity contribution in [3.05, 3.63) is 46.7 Å². The third kappa shape index (κ3) is 3.81. The number of ether oxygens (including phenoxy) is 2. The lowest BCUT2D eigenvalue weighted by Gasteiger charge is -2.32. The van der Waals surface area contributed by atoms with E-state index in [1.54, 1.807) is 27.7 Å². The van der Waals surface area contributed by atoms with Gasteiger partial charge in [0, 0.05) is 17.3 Å². The first-order valence-electron chi connectivity index (χ1n) is 8.57. The molecule has 25 heavy (non-hydrogen) atoms. The van der Waals surface area contributed by atoms with E-state index in [9.17, 15) is 9.59 Å². The predicted molar refractivity (Wildman–Crippen MR) is 96.5 cm³/mol. The summed E-state index contributed by atoms with van der Waals surface area (Å²) >= 11 is 0. The van der Waals surface area contributed by atoms with Crippen molar-refractivity contribution in [1.82, 2.24) is 0 Å². The second kappa shape index (κ2) is 8.10. The van der Waals surface area contributed by atoms with Crippen LogP contribution in [0.1, 0.15) is 44.7 Å². The molecule has 1 heterocycles. The van der Waals surface area contributed by atoms with Crippen LogP contribution in [0, 0.1) is 12.8 Å². The normalized spacial score (nSPS) is 20.1. The summed E-state index contributed by atoms with van der Waals surface area (Å²) in [5.74, 6) is -1.90. The average Bonchev–Trinajstić information content (AvgIpc) is 2.54. The fourth-order valence-corrected chi connectivity index (χ4v) is 3.32. The van der Waals surface area contributed by atoms with E-state index in [2.05, 4.69) is 4.99 Å². The van der Waals surface area contributed by atoms with E-state index in [1.807, 2.05) is 31.2 Å². The number of hydrogen-bond acceptors (Lipinski definition) is 5. The van der Waals surface area contributed by atoms with Crippen molar-refractivity contribution in [3.8, 4) is 0 Å². The molecule has 2 rings (SSSR count). The first-order valence-corrected chi connectivity index (χ1v) is 8.57. The second-order valence-corrected chi connectivity index (χ2v) is 6.04. The molecular weight excluding hydrogens is 318 g/mol. The van der Waals surface area contributed by atoms with Gasteiger partial charge in [-0.15, -0.1) is 0 Å². The van der Waals surface area contributed by atoms with Crippen LogP contribution in [0.25, 0.3) is 0 Å². The molecule has 0 N–H and O–H groups in total. The Morgan fingerprint density at radius 1 is 1.04 bits per heavy atom. The van der Waals surface area contributed by atoms with Crippen molar-refractivity contribution < 1.29 is 19.1 Å². The van der Waals surface area contributed by atoms with Gasteiger partial charge in [0.1, 0.15) is 5.92 Å². The molecule has 1 aliphatic rings. The summed E-state index contributed by atoms with van der Waals surface area (Å²) in [7, 11) is 0. The minimum Gasteiger partial charge on any atom is -0.465 e. The number of nitrogens with zero attached hydrogens (tertiary/aromatic N) is 1. The van der Waals surface area contributed by atoms with Crippen LogP contribution >= 0.6 is 0 Å². The van der Waals surface area contributed by atoms with Gasteiger partial charge in [0.05, 0.1) is 18.8 Å². The molecule has 0 aromatic heterocycles. The zero-order valence-corrected chi connectivity index (χ0v) is 15.5. The number of esters is 2. The summed E-state index contributed by atoms with van der Waals surface area (Å²) in [4.78, 5) is 29.7. The second-order valence-electron chi connectivity index (χ2n) is 6.04. The minimum absolute atomic E-state index is 0.267. The van der Waals surface area contributed by atoms with Gasteiger partial charge >= 0.3 is 11.9 Å². The van der Waals surface area contributed by atoms with Crippen molar-refractivity contribution in [2.45, 2.75) is 40.5 Å². The van der Waals surface area contributed by atoms with Gasteiger partial charge in [0.25, 0.3) is 0 Å². The van der Waals surface area contributed by atoms with Gasteiger partial charge in [-0.05, 0) is 45.7 Å². The van der Waals surface area contributed by atoms with Crippen molar-refractivity contribution in [2.75, 3.05) is 13.2 Å². The molecule has 1 aliphatic heterocycles. The van der Waals surface area contributed by atoms with Crippen LogP contribution in [0.2, 0.25) is 0 Å². The van der Waals surface area contributed by atoms with E-state index in [-0.39, 0.29) is 19.2 Å². The van der Waals surface area contributed by atoms with Gasteiger partial charge in [-0.1, -0.05) is 24.3 Å². The number of benzene rings is 1. The third-order valence-corrected chi connectivity index (χ3v) is 4.39. The molecule has 0 spiro atoms. The number of allylic oxidation sites excluding steroid dienone is 1. The number of carbonyl (C=O) groups excluding carboxylic acids is 2. The number of aryl methyl sites for hydroxylation is 1. The van der Waals surface area contributed by atoms with Crippen molar-refractivity contribution in [3.63, 3.8) is 0 Å². The van der Waals surface area contributed by atoms with Crippen LogP contribution in [-0.4, -0.2) is 30.9 Å². The summed E-state index contributed by atoms with van der Waals surface area (Å²) in [5, 5.41) is 0. The maximum atomic E-state index is 12.7. The summed E-state index contributed by atoms with van der Waals surface area (Å²) in [6, 6.07) is 7.75. The Bertz CT molecular complexity index is 733. The standard InChI is InChI=1S/C20H25NO4/c1-6-24-19(22)16-13(4)21-14(5)17(20(23)25-7-2)18(16)15-11-9-8-10-12(15)3/h8-11,16,18H,6-7H2,1-5H3. The van der Waals surface area contributed by atoms with Crippen LogP contribution < -0.4 is 0 Å². The van der Waals surface area contributed by atoms with Crippen LogP contribution in [0.3, 0.4) is 0 Å². The molecule has 0 amide bonds. The largest absolute Gasteiger partial charge is 0.465 e. The molecule has 1 aromatic carbocycles. The molecule has 0 saturated heterocycles. The van der Waals surface area contributed by atoms with Gasteiger partial charge in [-0.3, -0.25) is 9.79 Å². The first kappa shape index (κ1) is 18.9. The molecule has 134 valence electrons. The number of hydrogen-bond donors (Lipinski definition) is 0. The molecule has 0 aliphatic carbocycles. The minimum atomic E-state index is -0.635. The fourth-order valence-electron chi connectivity index (χ4n) is 3.32. The number of carbonyl (C=O) groups is 2. The van der Waals surface area contributed by atoms with Crippen LogP contribution in [0.15, 0.2) is 40.5 Å². The molecule has 1 aromatic rings.